The average Bonchev–Trinajstić information content (AvgIpc) is 3.56. The molecule has 35 heavy (non-hydrogen) atoms. The van der Waals surface area contributed by atoms with Crippen LogP contribution in [0.2, 0.25) is 0 Å². The lowest BCUT2D eigenvalue weighted by molar-refractivity contribution is -0.210. The molecule has 4 aromatic rings. The Bertz CT molecular complexity index is 1230. The van der Waals surface area contributed by atoms with Crippen molar-refractivity contribution in [2.24, 2.45) is 0 Å². The topological polar surface area (TPSA) is 64.8 Å². The lowest BCUT2D eigenvalue weighted by atomic mass is 10.1. The highest BCUT2D eigenvalue weighted by atomic mass is 17.2. The van der Waals surface area contributed by atoms with Crippen molar-refractivity contribution < 1.29 is 19.0 Å². The lowest BCUT2D eigenvalue weighted by Gasteiger charge is -2.29. The van der Waals surface area contributed by atoms with Gasteiger partial charge in [0.2, 0.25) is 5.89 Å². The molecule has 1 aromatic heterocycles. The number of hydrogen-bond acceptors (Lipinski definition) is 6. The summed E-state index contributed by atoms with van der Waals surface area (Å²) in [5.41, 5.74) is 3.98. The van der Waals surface area contributed by atoms with Crippen LogP contribution in [0.4, 0.5) is 0 Å². The van der Waals surface area contributed by atoms with E-state index in [4.69, 9.17) is 19.2 Å². The smallest absolute Gasteiger partial charge is 0.352 e. The molecule has 1 saturated heterocycles. The van der Waals surface area contributed by atoms with Crippen LogP contribution in [-0.4, -0.2) is 22.4 Å². The van der Waals surface area contributed by atoms with Gasteiger partial charge in [-0.15, -0.1) is 0 Å². The van der Waals surface area contributed by atoms with Crippen molar-refractivity contribution in [1.82, 2.24) is 9.88 Å². The minimum absolute atomic E-state index is 0.0583. The largest absolute Gasteiger partial charge is 0.438 e. The zero-order valence-corrected chi connectivity index (χ0v) is 19.9. The number of oxazole rings is 1. The Labute approximate surface area is 205 Å². The Morgan fingerprint density at radius 2 is 1.71 bits per heavy atom. The molecule has 1 fully saturated rings. The zero-order valence-electron chi connectivity index (χ0n) is 19.9. The van der Waals surface area contributed by atoms with E-state index >= 15 is 0 Å². The third-order valence-corrected chi connectivity index (χ3v) is 6.40. The lowest BCUT2D eigenvalue weighted by Crippen LogP contribution is -2.27. The molecule has 6 heteroatoms. The van der Waals surface area contributed by atoms with Crippen LogP contribution in [0, 0.1) is 0 Å². The van der Waals surface area contributed by atoms with Crippen molar-refractivity contribution in [3.05, 3.63) is 96.4 Å². The third kappa shape index (κ3) is 4.98. The zero-order chi connectivity index (χ0) is 24.2. The van der Waals surface area contributed by atoms with E-state index in [0.29, 0.717) is 5.75 Å². The van der Waals surface area contributed by atoms with Crippen molar-refractivity contribution in [2.75, 3.05) is 6.54 Å². The molecule has 178 valence electrons. The van der Waals surface area contributed by atoms with Crippen LogP contribution in [0.1, 0.15) is 50.2 Å². The van der Waals surface area contributed by atoms with E-state index in [1.165, 1.54) is 6.92 Å². The van der Waals surface area contributed by atoms with E-state index < -0.39 is 5.97 Å². The predicted octanol–water partition coefficient (Wildman–Crippen LogP) is 6.76. The van der Waals surface area contributed by atoms with Crippen LogP contribution in [0.5, 0.6) is 5.75 Å². The number of rotatable bonds is 7. The maximum atomic E-state index is 11.1. The average molecular weight is 469 g/mol. The molecule has 2 atom stereocenters. The molecule has 1 aliphatic rings. The molecule has 0 saturated carbocycles. The SMILES string of the molecule is CC(=O)OOc1cccc(C(C)N2CCC[C@@H]2c2nc(-c3ccccc3)c(-c3ccccc3)o2)c1. The van der Waals surface area contributed by atoms with E-state index in [2.05, 4.69) is 42.2 Å². The molecule has 0 spiro atoms. The first-order valence-corrected chi connectivity index (χ1v) is 11.9. The van der Waals surface area contributed by atoms with Crippen LogP contribution in [-0.2, 0) is 9.68 Å². The van der Waals surface area contributed by atoms with Crippen LogP contribution < -0.4 is 4.89 Å². The minimum Gasteiger partial charge on any atom is -0.438 e. The van der Waals surface area contributed by atoms with Crippen LogP contribution in [0.3, 0.4) is 0 Å². The standard InChI is InChI=1S/C29H28N2O4/c1-20(24-15-9-16-25(19-24)35-34-21(2)32)31-18-10-17-26(31)29-30-27(22-11-5-3-6-12-22)28(33-29)23-13-7-4-8-14-23/h3-9,11-16,19-20,26H,10,17-18H2,1-2H3/t20?,26-/m1/s1. The molecule has 1 unspecified atom stereocenters. The number of aromatic nitrogens is 1. The maximum Gasteiger partial charge on any atom is 0.352 e. The van der Waals surface area contributed by atoms with Gasteiger partial charge in [-0.3, -0.25) is 14.7 Å². The Kier molecular flexibility index (Phi) is 6.64. The highest BCUT2D eigenvalue weighted by Crippen LogP contribution is 2.42. The van der Waals surface area contributed by atoms with E-state index in [0.717, 1.165) is 53.4 Å². The molecular weight excluding hydrogens is 440 g/mol. The van der Waals surface area contributed by atoms with Crippen molar-refractivity contribution in [2.45, 2.75) is 38.8 Å². The fourth-order valence-corrected chi connectivity index (χ4v) is 4.70. The second kappa shape index (κ2) is 10.2. The number of carbonyl (C=O) groups is 1. The maximum absolute atomic E-state index is 11.1. The second-order valence-corrected chi connectivity index (χ2v) is 8.76. The van der Waals surface area contributed by atoms with Crippen molar-refractivity contribution in [3.8, 4) is 28.3 Å². The summed E-state index contributed by atoms with van der Waals surface area (Å²) in [7, 11) is 0. The van der Waals surface area contributed by atoms with Gasteiger partial charge in [-0.05, 0) is 44.0 Å². The summed E-state index contributed by atoms with van der Waals surface area (Å²) < 4.78 is 6.51. The van der Waals surface area contributed by atoms with Gasteiger partial charge in [0.25, 0.3) is 0 Å². The van der Waals surface area contributed by atoms with Gasteiger partial charge < -0.3 is 4.42 Å². The molecule has 5 rings (SSSR count). The number of nitrogens with zero attached hydrogens (tertiary/aromatic N) is 2. The molecule has 1 aliphatic heterocycles. The van der Waals surface area contributed by atoms with Crippen LogP contribution in [0.15, 0.2) is 89.3 Å². The van der Waals surface area contributed by atoms with Crippen LogP contribution >= 0.6 is 0 Å². The highest BCUT2D eigenvalue weighted by Gasteiger charge is 2.35. The summed E-state index contributed by atoms with van der Waals surface area (Å²) in [5.74, 6) is 1.53. The molecular formula is C29H28N2O4. The first-order valence-electron chi connectivity index (χ1n) is 11.9. The second-order valence-electron chi connectivity index (χ2n) is 8.76. The fourth-order valence-electron chi connectivity index (χ4n) is 4.70. The number of likely N-dealkylation sites (tertiary alicyclic amines) is 1. The Morgan fingerprint density at radius 1 is 1.00 bits per heavy atom. The third-order valence-electron chi connectivity index (χ3n) is 6.40. The van der Waals surface area contributed by atoms with Crippen molar-refractivity contribution >= 4 is 5.97 Å². The highest BCUT2D eigenvalue weighted by molar-refractivity contribution is 5.76. The van der Waals surface area contributed by atoms with E-state index in [1.54, 1.807) is 6.07 Å². The first-order chi connectivity index (χ1) is 17.1. The van der Waals surface area contributed by atoms with Gasteiger partial charge >= 0.3 is 5.97 Å². The Hall–Kier alpha value is -3.90. The van der Waals surface area contributed by atoms with Gasteiger partial charge in [0.1, 0.15) is 5.69 Å². The van der Waals surface area contributed by atoms with Gasteiger partial charge in [-0.2, -0.15) is 0 Å². The number of hydrogen-bond donors (Lipinski definition) is 0. The fraction of sp³-hybridized carbons (Fsp3) is 0.241. The Morgan fingerprint density at radius 3 is 2.43 bits per heavy atom. The Balaban J connectivity index is 1.46. The summed E-state index contributed by atoms with van der Waals surface area (Å²) in [6, 6.07) is 28.1. The van der Waals surface area contributed by atoms with E-state index in [1.807, 2.05) is 48.5 Å². The minimum atomic E-state index is -0.490. The molecule has 0 aliphatic carbocycles. The van der Waals surface area contributed by atoms with Gasteiger partial charge in [0.05, 0.1) is 6.04 Å². The molecule has 0 radical (unpaired) electrons. The normalized spacial score (nSPS) is 16.7. The molecule has 0 N–H and O–H groups in total. The number of carbonyl (C=O) groups excluding carboxylic acids is 1. The summed E-state index contributed by atoms with van der Waals surface area (Å²) in [6.45, 7) is 4.41. The molecule has 2 heterocycles. The molecule has 6 nitrogen and oxygen atoms in total. The van der Waals surface area contributed by atoms with E-state index in [9.17, 15) is 4.79 Å². The monoisotopic (exact) mass is 468 g/mol. The number of benzene rings is 3. The molecule has 0 bridgehead atoms. The molecule has 0 amide bonds. The van der Waals surface area contributed by atoms with Gasteiger partial charge in [0, 0.05) is 24.1 Å². The summed E-state index contributed by atoms with van der Waals surface area (Å²) >= 11 is 0. The van der Waals surface area contributed by atoms with Crippen LogP contribution in [0.25, 0.3) is 22.6 Å². The summed E-state index contributed by atoms with van der Waals surface area (Å²) in [6.07, 6.45) is 2.03. The predicted molar refractivity (Wildman–Crippen MR) is 133 cm³/mol. The summed E-state index contributed by atoms with van der Waals surface area (Å²) in [4.78, 5) is 28.4. The first kappa shape index (κ1) is 22.9. The van der Waals surface area contributed by atoms with Gasteiger partial charge in [0.15, 0.2) is 11.5 Å². The van der Waals surface area contributed by atoms with Crippen molar-refractivity contribution in [1.29, 1.82) is 0 Å². The van der Waals surface area contributed by atoms with Gasteiger partial charge in [-0.1, -0.05) is 72.8 Å². The molecule has 3 aromatic carbocycles. The van der Waals surface area contributed by atoms with Crippen molar-refractivity contribution in [3.63, 3.8) is 0 Å². The summed E-state index contributed by atoms with van der Waals surface area (Å²) in [5, 5.41) is 0. The quantitative estimate of drug-likeness (QED) is 0.220. The van der Waals surface area contributed by atoms with Gasteiger partial charge in [-0.25, -0.2) is 9.78 Å². The van der Waals surface area contributed by atoms with E-state index in [-0.39, 0.29) is 12.1 Å².